The van der Waals surface area contributed by atoms with Crippen molar-refractivity contribution in [3.8, 4) is 34.0 Å². The van der Waals surface area contributed by atoms with Crippen LogP contribution in [-0.4, -0.2) is 133 Å². The number of aliphatic hydroxyl groups excluding tert-OH is 1. The van der Waals surface area contributed by atoms with Gasteiger partial charge in [-0.2, -0.15) is 0 Å². The molecule has 454 valence electrons. The van der Waals surface area contributed by atoms with E-state index in [-0.39, 0.29) is 61.3 Å². The van der Waals surface area contributed by atoms with Crippen LogP contribution in [0.4, 0.5) is 0 Å². The van der Waals surface area contributed by atoms with Crippen molar-refractivity contribution in [2.45, 2.75) is 134 Å². The molecule has 2 aromatic heterocycles. The van der Waals surface area contributed by atoms with Gasteiger partial charge in [0.05, 0.1) is 28.9 Å². The molecule has 4 amide bonds. The van der Waals surface area contributed by atoms with Gasteiger partial charge in [0.15, 0.2) is 11.6 Å². The molecule has 21 nitrogen and oxygen atoms in total. The molecule has 84 heavy (non-hydrogen) atoms. The standard InChI is InChI=1S/C31H39Cl3N4O7.C29H36N4O6/c1-18(2)24(15-22(40)16-44-23-12-10-21(11-13-23)26-8-5-7-25(36-26)20(4)39)28(41)35-19(3)29(42)38-14-6-9-27(37-38)30(43)45-17-31(32,33)34;1-17(2)23-15-21(34)16-38-22-12-10-20(11-13-22)25-8-5-7-24(31-25)19(4)39-29(37)26-9-6-14-33(32-26)28(36)18(3)30-27(23)35/h5,7-8,10-13,18-20,24,27,37,39H,6,9,14-17H2,1-4H3,(H,35,41);5,7-8,10-13,17-19,23,26,32H,6,9,14-16H2,1-4H3,(H,30,35)/t19-,20+,24-,27-;18-,19+,23-,26-/m00/s1. The number of Topliss-reactive ketones (excluding diaryl/α,β-unsaturated/α-hetero) is 2. The number of nitrogens with one attached hydrogen (secondary N) is 4. The van der Waals surface area contributed by atoms with Gasteiger partial charge in [0.2, 0.25) is 15.6 Å². The lowest BCUT2D eigenvalue weighted by Crippen LogP contribution is -2.60. The van der Waals surface area contributed by atoms with Gasteiger partial charge >= 0.3 is 11.9 Å². The summed E-state index contributed by atoms with van der Waals surface area (Å²) in [5.74, 6) is -3.88. The zero-order valence-corrected chi connectivity index (χ0v) is 50.7. The van der Waals surface area contributed by atoms with E-state index in [4.69, 9.17) is 53.8 Å². The number of nitrogens with zero attached hydrogens (tertiary/aromatic N) is 4. The van der Waals surface area contributed by atoms with E-state index in [9.17, 15) is 43.5 Å². The van der Waals surface area contributed by atoms with Gasteiger partial charge in [-0.1, -0.05) is 74.6 Å². The van der Waals surface area contributed by atoms with Crippen LogP contribution >= 0.6 is 34.8 Å². The Hall–Kier alpha value is -6.75. The van der Waals surface area contributed by atoms with Crippen LogP contribution in [0.15, 0.2) is 84.9 Å². The molecular formula is C60H75Cl3N8O13. The molecule has 0 saturated carbocycles. The number of carbonyl (C=O) groups excluding carboxylic acids is 8. The number of fused-ring (bicyclic) bond motifs is 12. The molecule has 6 heterocycles. The molecule has 8 atom stereocenters. The van der Waals surface area contributed by atoms with Gasteiger partial charge in [-0.05, 0) is 138 Å². The van der Waals surface area contributed by atoms with E-state index in [1.165, 1.54) is 16.9 Å². The highest BCUT2D eigenvalue weighted by Crippen LogP contribution is 2.29. The number of ketones is 2. The van der Waals surface area contributed by atoms with Crippen molar-refractivity contribution in [1.82, 2.24) is 41.5 Å². The Morgan fingerprint density at radius 1 is 0.821 bits per heavy atom. The molecule has 0 radical (unpaired) electrons. The van der Waals surface area contributed by atoms with Gasteiger partial charge in [0.1, 0.15) is 61.6 Å². The minimum atomic E-state index is -1.75. The molecule has 0 aliphatic carbocycles. The maximum atomic E-state index is 13.2. The molecule has 8 rings (SSSR count). The fourth-order valence-corrected chi connectivity index (χ4v) is 9.52. The number of carbonyl (C=O) groups is 8. The Morgan fingerprint density at radius 3 is 2.11 bits per heavy atom. The van der Waals surface area contributed by atoms with E-state index >= 15 is 0 Å². The van der Waals surface area contributed by atoms with Crippen LogP contribution in [-0.2, 0) is 47.8 Å². The summed E-state index contributed by atoms with van der Waals surface area (Å²) < 4.78 is 20.3. The van der Waals surface area contributed by atoms with Crippen LogP contribution < -0.4 is 31.0 Å². The second-order valence-electron chi connectivity index (χ2n) is 21.8. The summed E-state index contributed by atoms with van der Waals surface area (Å²) in [6.45, 7) is 13.8. The Balaban J connectivity index is 0.000000272. The molecule has 4 aromatic rings. The highest BCUT2D eigenvalue weighted by molar-refractivity contribution is 6.67. The topological polar surface area (TPSA) is 274 Å². The fourth-order valence-electron chi connectivity index (χ4n) is 9.36. The molecule has 0 unspecified atom stereocenters. The summed E-state index contributed by atoms with van der Waals surface area (Å²) in [6.07, 6.45) is 0.676. The van der Waals surface area contributed by atoms with Crippen LogP contribution in [0.3, 0.4) is 0 Å². The number of aliphatic hydroxyl groups is 1. The maximum Gasteiger partial charge on any atom is 0.325 e. The number of benzene rings is 2. The molecule has 6 bridgehead atoms. The predicted octanol–water partition coefficient (Wildman–Crippen LogP) is 7.30. The molecule has 0 spiro atoms. The largest absolute Gasteiger partial charge is 0.486 e. The average Bonchev–Trinajstić information content (AvgIpc) is 3.67. The van der Waals surface area contributed by atoms with Gasteiger partial charge in [-0.3, -0.25) is 53.4 Å². The summed E-state index contributed by atoms with van der Waals surface area (Å²) >= 11 is 16.9. The second kappa shape index (κ2) is 30.9. The number of rotatable bonds is 14. The number of esters is 2. The minimum absolute atomic E-state index is 0.00668. The summed E-state index contributed by atoms with van der Waals surface area (Å²) in [7, 11) is 0. The maximum absolute atomic E-state index is 13.2. The Kier molecular flexibility index (Phi) is 24.4. The summed E-state index contributed by atoms with van der Waals surface area (Å²) in [6, 6.07) is 21.9. The van der Waals surface area contributed by atoms with Crippen molar-refractivity contribution in [3.05, 3.63) is 96.3 Å². The van der Waals surface area contributed by atoms with E-state index in [2.05, 4.69) is 31.5 Å². The number of halogens is 3. The third-order valence-corrected chi connectivity index (χ3v) is 14.6. The SMILES string of the molecule is CC(C)[C@@H]1CC(=O)COc2ccc(cc2)-c2cccc(n2)[C@@H](C)OC(=O)[C@@H]2CCCN(N2)C(=O)[C@H](C)NC1=O.CC(C)[C@H](CC(=O)COc1ccc(-c2cccc([C@@H](C)O)n2)cc1)C(=O)N[C@@H](C)C(=O)N1CCC[C@@H](C(=O)OCC(Cl)(Cl)Cl)N1. The van der Waals surface area contributed by atoms with Crippen LogP contribution in [0.25, 0.3) is 22.5 Å². The number of hydrogen-bond donors (Lipinski definition) is 5. The monoisotopic (exact) mass is 1220 g/mol. The lowest BCUT2D eigenvalue weighted by molar-refractivity contribution is -0.157. The number of aromatic nitrogens is 2. The molecule has 2 aromatic carbocycles. The number of pyridine rings is 2. The number of alkyl halides is 3. The Labute approximate surface area is 504 Å². The van der Waals surface area contributed by atoms with Crippen molar-refractivity contribution >= 4 is 81.9 Å². The van der Waals surface area contributed by atoms with E-state index in [1.54, 1.807) is 57.2 Å². The lowest BCUT2D eigenvalue weighted by atomic mass is 9.89. The first-order chi connectivity index (χ1) is 39.8. The van der Waals surface area contributed by atoms with Gasteiger partial charge in [0, 0.05) is 48.9 Å². The van der Waals surface area contributed by atoms with Gasteiger partial charge in [0.25, 0.3) is 11.8 Å². The van der Waals surface area contributed by atoms with Gasteiger partial charge in [-0.15, -0.1) is 0 Å². The van der Waals surface area contributed by atoms with E-state index in [1.807, 2.05) is 76.2 Å². The first kappa shape index (κ1) is 66.4. The smallest absolute Gasteiger partial charge is 0.325 e. The van der Waals surface area contributed by atoms with Crippen molar-refractivity contribution in [2.75, 3.05) is 32.9 Å². The molecular weight excluding hydrogens is 1150 g/mol. The Morgan fingerprint density at radius 2 is 1.46 bits per heavy atom. The van der Waals surface area contributed by atoms with E-state index in [0.717, 1.165) is 11.1 Å². The first-order valence-electron chi connectivity index (χ1n) is 28.1. The van der Waals surface area contributed by atoms with E-state index in [0.29, 0.717) is 73.0 Å². The summed E-state index contributed by atoms with van der Waals surface area (Å²) in [5.41, 5.74) is 10.0. The van der Waals surface area contributed by atoms with Crippen molar-refractivity contribution in [1.29, 1.82) is 0 Å². The zero-order chi connectivity index (χ0) is 61.4. The normalized spacial score (nSPS) is 21.0. The quantitative estimate of drug-likeness (QED) is 0.0612. The molecule has 2 fully saturated rings. The van der Waals surface area contributed by atoms with E-state index < -0.39 is 82.4 Å². The highest BCUT2D eigenvalue weighted by atomic mass is 35.6. The minimum Gasteiger partial charge on any atom is -0.486 e. The van der Waals surface area contributed by atoms with Crippen molar-refractivity contribution < 1.29 is 62.4 Å². The number of amides is 4. The molecule has 5 N–H and O–H groups in total. The third kappa shape index (κ3) is 19.7. The molecule has 2 saturated heterocycles. The molecule has 4 aliphatic rings. The third-order valence-electron chi connectivity index (χ3n) is 14.3. The number of ether oxygens (including phenoxy) is 4. The van der Waals surface area contributed by atoms with Gasteiger partial charge < -0.3 is 34.7 Å². The highest BCUT2D eigenvalue weighted by Gasteiger charge is 2.37. The average molecular weight is 1220 g/mol. The predicted molar refractivity (Wildman–Crippen MR) is 314 cm³/mol. The van der Waals surface area contributed by atoms with Crippen LogP contribution in [0, 0.1) is 23.7 Å². The first-order valence-corrected chi connectivity index (χ1v) is 29.2. The van der Waals surface area contributed by atoms with Crippen molar-refractivity contribution in [3.63, 3.8) is 0 Å². The molecule has 4 aliphatic heterocycles. The van der Waals surface area contributed by atoms with Crippen LogP contribution in [0.2, 0.25) is 0 Å². The van der Waals surface area contributed by atoms with Gasteiger partial charge in [-0.25, -0.2) is 15.8 Å². The zero-order valence-electron chi connectivity index (χ0n) is 48.4. The summed E-state index contributed by atoms with van der Waals surface area (Å²) in [5, 5.41) is 17.9. The van der Waals surface area contributed by atoms with Crippen LogP contribution in [0.1, 0.15) is 118 Å². The second-order valence-corrected chi connectivity index (χ2v) is 24.3. The number of hydrogen-bond acceptors (Lipinski definition) is 17. The van der Waals surface area contributed by atoms with Crippen LogP contribution in [0.5, 0.6) is 11.5 Å². The Bertz CT molecular complexity index is 2940. The molecule has 24 heteroatoms. The summed E-state index contributed by atoms with van der Waals surface area (Å²) in [4.78, 5) is 112. The number of hydrazine groups is 2. The lowest BCUT2D eigenvalue weighted by Gasteiger charge is -2.35. The fraction of sp³-hybridized carbons (Fsp3) is 0.500. The van der Waals surface area contributed by atoms with Crippen molar-refractivity contribution in [2.24, 2.45) is 23.7 Å².